The molecule has 0 bridgehead atoms. The van der Waals surface area contributed by atoms with Gasteiger partial charge in [-0.1, -0.05) is 12.8 Å². The Hall–Kier alpha value is -1.69. The maximum atomic E-state index is 13.1. The van der Waals surface area contributed by atoms with Crippen molar-refractivity contribution in [1.82, 2.24) is 5.32 Å². The summed E-state index contributed by atoms with van der Waals surface area (Å²) in [6.07, 6.45) is 2.51. The van der Waals surface area contributed by atoms with Crippen LogP contribution >= 0.6 is 0 Å². The topological polar surface area (TPSA) is 75.4 Å². The number of aliphatic hydroxyl groups excluding tert-OH is 1. The van der Waals surface area contributed by atoms with Crippen LogP contribution in [0, 0.1) is 11.6 Å². The van der Waals surface area contributed by atoms with Gasteiger partial charge in [0.2, 0.25) is 0 Å². The fraction of sp³-hybridized carbons (Fsp3) is 0.462. The van der Waals surface area contributed by atoms with Gasteiger partial charge in [-0.05, 0) is 18.9 Å². The summed E-state index contributed by atoms with van der Waals surface area (Å²) >= 11 is 0. The fourth-order valence-corrected chi connectivity index (χ4v) is 2.28. The van der Waals surface area contributed by atoms with Crippen LogP contribution in [0.2, 0.25) is 0 Å². The summed E-state index contributed by atoms with van der Waals surface area (Å²) in [4.78, 5) is 12.0. The molecule has 2 atom stereocenters. The number of anilines is 1. The minimum Gasteiger partial charge on any atom is -0.398 e. The molecule has 0 aliphatic heterocycles. The lowest BCUT2D eigenvalue weighted by Gasteiger charge is -2.28. The van der Waals surface area contributed by atoms with Crippen LogP contribution < -0.4 is 11.1 Å². The van der Waals surface area contributed by atoms with E-state index < -0.39 is 23.6 Å². The number of nitrogens with one attached hydrogen (secondary N) is 1. The summed E-state index contributed by atoms with van der Waals surface area (Å²) < 4.78 is 26.0. The van der Waals surface area contributed by atoms with Crippen LogP contribution in [0.4, 0.5) is 14.5 Å². The van der Waals surface area contributed by atoms with Crippen LogP contribution in [0.25, 0.3) is 0 Å². The third kappa shape index (κ3) is 3.01. The highest BCUT2D eigenvalue weighted by atomic mass is 19.2. The Balaban J connectivity index is 2.13. The lowest BCUT2D eigenvalue weighted by atomic mass is 9.92. The molecule has 1 aromatic carbocycles. The lowest BCUT2D eigenvalue weighted by molar-refractivity contribution is 0.0717. The molecule has 4 N–H and O–H groups in total. The van der Waals surface area contributed by atoms with E-state index in [1.54, 1.807) is 0 Å². The van der Waals surface area contributed by atoms with Gasteiger partial charge in [0.25, 0.3) is 5.91 Å². The summed E-state index contributed by atoms with van der Waals surface area (Å²) in [7, 11) is 0. The first-order valence-electron chi connectivity index (χ1n) is 6.22. The van der Waals surface area contributed by atoms with Crippen LogP contribution in [-0.2, 0) is 0 Å². The molecule has 0 aromatic heterocycles. The van der Waals surface area contributed by atoms with Crippen molar-refractivity contribution < 1.29 is 18.7 Å². The highest BCUT2D eigenvalue weighted by molar-refractivity contribution is 5.99. The minimum absolute atomic E-state index is 0.114. The number of benzene rings is 1. The zero-order valence-electron chi connectivity index (χ0n) is 10.3. The summed E-state index contributed by atoms with van der Waals surface area (Å²) in [5.74, 6) is -2.81. The van der Waals surface area contributed by atoms with Crippen molar-refractivity contribution in [3.05, 3.63) is 29.3 Å². The number of nitrogens with two attached hydrogens (primary N) is 1. The largest absolute Gasteiger partial charge is 0.398 e. The number of hydrogen-bond donors (Lipinski definition) is 3. The van der Waals surface area contributed by atoms with Crippen LogP contribution in [0.1, 0.15) is 36.0 Å². The Morgan fingerprint density at radius 3 is 2.58 bits per heavy atom. The number of aliphatic hydroxyl groups is 1. The van der Waals surface area contributed by atoms with Gasteiger partial charge >= 0.3 is 0 Å². The standard InChI is InChI=1S/C13H16F2N2O2/c14-8-5-7(10(16)6-9(8)15)13(19)17-11-3-1-2-4-12(11)18/h5-6,11-12,18H,1-4,16H2,(H,17,19)/t11-,12-/m0/s1. The molecule has 1 aliphatic rings. The summed E-state index contributed by atoms with van der Waals surface area (Å²) in [5.41, 5.74) is 5.26. The van der Waals surface area contributed by atoms with Crippen molar-refractivity contribution in [2.75, 3.05) is 5.73 Å². The zero-order chi connectivity index (χ0) is 14.0. The average Bonchev–Trinajstić information content (AvgIpc) is 2.36. The molecule has 0 saturated heterocycles. The van der Waals surface area contributed by atoms with Crippen molar-refractivity contribution in [1.29, 1.82) is 0 Å². The maximum Gasteiger partial charge on any atom is 0.253 e. The van der Waals surface area contributed by atoms with Gasteiger partial charge in [0.05, 0.1) is 17.7 Å². The van der Waals surface area contributed by atoms with Crippen molar-refractivity contribution in [2.24, 2.45) is 0 Å². The van der Waals surface area contributed by atoms with Crippen LogP contribution in [0.3, 0.4) is 0 Å². The number of carbonyl (C=O) groups excluding carboxylic acids is 1. The molecule has 0 spiro atoms. The monoisotopic (exact) mass is 270 g/mol. The van der Waals surface area contributed by atoms with E-state index in [-0.39, 0.29) is 17.3 Å². The van der Waals surface area contributed by atoms with Gasteiger partial charge in [-0.3, -0.25) is 4.79 Å². The number of amides is 1. The van der Waals surface area contributed by atoms with Gasteiger partial charge in [0.1, 0.15) is 0 Å². The smallest absolute Gasteiger partial charge is 0.253 e. The number of halogens is 2. The Labute approximate surface area is 109 Å². The first-order chi connectivity index (χ1) is 8.99. The molecule has 19 heavy (non-hydrogen) atoms. The first-order valence-corrected chi connectivity index (χ1v) is 6.22. The van der Waals surface area contributed by atoms with E-state index in [2.05, 4.69) is 5.32 Å². The van der Waals surface area contributed by atoms with Gasteiger partial charge < -0.3 is 16.2 Å². The van der Waals surface area contributed by atoms with Crippen molar-refractivity contribution in [3.8, 4) is 0 Å². The van der Waals surface area contributed by atoms with Gasteiger partial charge in [-0.2, -0.15) is 0 Å². The van der Waals surface area contributed by atoms with Gasteiger partial charge in [0.15, 0.2) is 11.6 Å². The number of nitrogen functional groups attached to an aromatic ring is 1. The van der Waals surface area contributed by atoms with Crippen molar-refractivity contribution in [2.45, 2.75) is 37.8 Å². The molecule has 1 saturated carbocycles. The van der Waals surface area contributed by atoms with Gasteiger partial charge in [0, 0.05) is 11.8 Å². The highest BCUT2D eigenvalue weighted by Gasteiger charge is 2.25. The van der Waals surface area contributed by atoms with E-state index in [1.807, 2.05) is 0 Å². The number of carbonyl (C=O) groups is 1. The van der Waals surface area contributed by atoms with E-state index in [0.717, 1.165) is 25.0 Å². The Kier molecular flexibility index (Phi) is 3.99. The normalized spacial score (nSPS) is 23.1. The van der Waals surface area contributed by atoms with E-state index >= 15 is 0 Å². The van der Waals surface area contributed by atoms with Crippen LogP contribution in [0.15, 0.2) is 12.1 Å². The Morgan fingerprint density at radius 2 is 1.89 bits per heavy atom. The molecular weight excluding hydrogens is 254 g/mol. The van der Waals surface area contributed by atoms with E-state index in [0.29, 0.717) is 12.8 Å². The molecule has 1 amide bonds. The second-order valence-corrected chi connectivity index (χ2v) is 4.79. The second kappa shape index (κ2) is 5.52. The summed E-state index contributed by atoms with van der Waals surface area (Å²) in [6, 6.07) is 1.19. The van der Waals surface area contributed by atoms with E-state index in [4.69, 9.17) is 5.73 Å². The minimum atomic E-state index is -1.12. The van der Waals surface area contributed by atoms with Crippen molar-refractivity contribution >= 4 is 11.6 Å². The van der Waals surface area contributed by atoms with E-state index in [9.17, 15) is 18.7 Å². The van der Waals surface area contributed by atoms with Crippen LogP contribution in [-0.4, -0.2) is 23.2 Å². The van der Waals surface area contributed by atoms with Crippen molar-refractivity contribution in [3.63, 3.8) is 0 Å². The molecule has 0 heterocycles. The average molecular weight is 270 g/mol. The van der Waals surface area contributed by atoms with Gasteiger partial charge in [-0.25, -0.2) is 8.78 Å². The Morgan fingerprint density at radius 1 is 1.26 bits per heavy atom. The SMILES string of the molecule is Nc1cc(F)c(F)cc1C(=O)N[C@H]1CCCC[C@@H]1O. The summed E-state index contributed by atoms with van der Waals surface area (Å²) in [6.45, 7) is 0. The second-order valence-electron chi connectivity index (χ2n) is 4.79. The Bertz CT molecular complexity index is 494. The molecule has 2 rings (SSSR count). The van der Waals surface area contributed by atoms with E-state index in [1.165, 1.54) is 0 Å². The molecule has 0 unspecified atom stereocenters. The number of hydrogen-bond acceptors (Lipinski definition) is 3. The molecular formula is C13H16F2N2O2. The third-order valence-electron chi connectivity index (χ3n) is 3.38. The predicted molar refractivity (Wildman–Crippen MR) is 66.5 cm³/mol. The quantitative estimate of drug-likeness (QED) is 0.714. The molecule has 4 nitrogen and oxygen atoms in total. The van der Waals surface area contributed by atoms with Crippen LogP contribution in [0.5, 0.6) is 0 Å². The molecule has 1 aromatic rings. The molecule has 104 valence electrons. The summed E-state index contributed by atoms with van der Waals surface area (Å²) in [5, 5.41) is 12.4. The lowest BCUT2D eigenvalue weighted by Crippen LogP contribution is -2.45. The number of rotatable bonds is 2. The molecule has 6 heteroatoms. The molecule has 0 radical (unpaired) electrons. The maximum absolute atomic E-state index is 13.1. The first kappa shape index (κ1) is 13.7. The molecule has 1 fully saturated rings. The zero-order valence-corrected chi connectivity index (χ0v) is 10.3. The molecule has 1 aliphatic carbocycles. The van der Waals surface area contributed by atoms with Gasteiger partial charge in [-0.15, -0.1) is 0 Å². The third-order valence-corrected chi connectivity index (χ3v) is 3.38. The highest BCUT2D eigenvalue weighted by Crippen LogP contribution is 2.21. The predicted octanol–water partition coefficient (Wildman–Crippen LogP) is 1.58. The fourth-order valence-electron chi connectivity index (χ4n) is 2.28.